The summed E-state index contributed by atoms with van der Waals surface area (Å²) >= 11 is 4.81. The lowest BCUT2D eigenvalue weighted by Gasteiger charge is -2.05. The minimum atomic E-state index is -0.0819. The zero-order valence-corrected chi connectivity index (χ0v) is 18.4. The average molecular weight is 441 g/mol. The van der Waals surface area contributed by atoms with Crippen LogP contribution < -0.4 is 5.32 Å². The van der Waals surface area contributed by atoms with Gasteiger partial charge in [-0.25, -0.2) is 9.97 Å². The molecule has 0 saturated carbocycles. The Hall–Kier alpha value is -1.95. The fraction of sp³-hybridized carbons (Fsp3) is 0.429. The molecule has 0 fully saturated rings. The van der Waals surface area contributed by atoms with Crippen LogP contribution in [0.15, 0.2) is 11.4 Å². The maximum absolute atomic E-state index is 12.7. The number of hydrogen-bond acceptors (Lipinski definition) is 7. The van der Waals surface area contributed by atoms with Crippen LogP contribution in [0, 0.1) is 11.3 Å². The van der Waals surface area contributed by atoms with Crippen molar-refractivity contribution < 1.29 is 4.79 Å². The summed E-state index contributed by atoms with van der Waals surface area (Å²) in [6.07, 6.45) is 10.4. The van der Waals surface area contributed by atoms with Crippen LogP contribution in [0.4, 0.5) is 5.00 Å². The zero-order valence-electron chi connectivity index (χ0n) is 15.9. The first-order chi connectivity index (χ1) is 14.2. The Morgan fingerprint density at radius 2 is 1.86 bits per heavy atom. The molecule has 0 saturated heterocycles. The Labute approximate surface area is 181 Å². The van der Waals surface area contributed by atoms with Gasteiger partial charge in [-0.05, 0) is 56.1 Å². The number of rotatable bonds is 4. The lowest BCUT2D eigenvalue weighted by atomic mass is 10.1. The highest BCUT2D eigenvalue weighted by atomic mass is 32.2. The first kappa shape index (κ1) is 19.0. The fourth-order valence-electron chi connectivity index (χ4n) is 4.25. The van der Waals surface area contributed by atoms with E-state index in [9.17, 15) is 10.1 Å². The van der Waals surface area contributed by atoms with Crippen molar-refractivity contribution in [3.8, 4) is 6.07 Å². The predicted octanol–water partition coefficient (Wildman–Crippen LogP) is 5.11. The maximum atomic E-state index is 12.7. The van der Waals surface area contributed by atoms with Crippen LogP contribution in [0.1, 0.15) is 52.1 Å². The van der Waals surface area contributed by atoms with E-state index >= 15 is 0 Å². The molecule has 8 heteroatoms. The van der Waals surface area contributed by atoms with Gasteiger partial charge in [0, 0.05) is 15.1 Å². The van der Waals surface area contributed by atoms with E-state index in [-0.39, 0.29) is 11.7 Å². The first-order valence-electron chi connectivity index (χ1n) is 9.97. The molecule has 3 aromatic rings. The van der Waals surface area contributed by atoms with Gasteiger partial charge in [-0.1, -0.05) is 18.2 Å². The van der Waals surface area contributed by atoms with Gasteiger partial charge < -0.3 is 5.32 Å². The topological polar surface area (TPSA) is 78.7 Å². The number of hydrogen-bond donors (Lipinski definition) is 1. The molecular formula is C21H20N4OS3. The third-order valence-electron chi connectivity index (χ3n) is 5.59. The number of nitrogens with one attached hydrogen (secondary N) is 1. The number of nitriles is 1. The second kappa shape index (κ2) is 8.05. The van der Waals surface area contributed by atoms with Crippen molar-refractivity contribution in [2.45, 2.75) is 56.4 Å². The molecule has 5 nitrogen and oxygen atoms in total. The van der Waals surface area contributed by atoms with E-state index in [0.29, 0.717) is 10.6 Å². The molecule has 29 heavy (non-hydrogen) atoms. The Morgan fingerprint density at radius 1 is 1.07 bits per heavy atom. The smallest absolute Gasteiger partial charge is 0.235 e. The van der Waals surface area contributed by atoms with E-state index < -0.39 is 0 Å². The van der Waals surface area contributed by atoms with Crippen LogP contribution in [-0.4, -0.2) is 21.6 Å². The maximum Gasteiger partial charge on any atom is 0.235 e. The highest BCUT2D eigenvalue weighted by molar-refractivity contribution is 8.00. The van der Waals surface area contributed by atoms with Gasteiger partial charge in [-0.15, -0.1) is 22.7 Å². The number of aromatic nitrogens is 2. The minimum absolute atomic E-state index is 0.0819. The zero-order chi connectivity index (χ0) is 19.8. The van der Waals surface area contributed by atoms with Gasteiger partial charge in [0.05, 0.1) is 11.3 Å². The summed E-state index contributed by atoms with van der Waals surface area (Å²) in [6.45, 7) is 0. The van der Waals surface area contributed by atoms with Crippen LogP contribution >= 0.6 is 34.4 Å². The summed E-state index contributed by atoms with van der Waals surface area (Å²) in [5, 5.41) is 15.4. The molecule has 2 aliphatic rings. The molecule has 2 aliphatic carbocycles. The molecule has 1 amide bonds. The Morgan fingerprint density at radius 3 is 2.76 bits per heavy atom. The van der Waals surface area contributed by atoms with E-state index in [2.05, 4.69) is 21.4 Å². The van der Waals surface area contributed by atoms with Crippen LogP contribution in [-0.2, 0) is 30.5 Å². The van der Waals surface area contributed by atoms with Crippen LogP contribution in [0.3, 0.4) is 0 Å². The number of nitrogens with zero attached hydrogens (tertiary/aromatic N) is 3. The van der Waals surface area contributed by atoms with Gasteiger partial charge in [-0.3, -0.25) is 4.79 Å². The second-order valence-electron chi connectivity index (χ2n) is 7.43. The van der Waals surface area contributed by atoms with Gasteiger partial charge >= 0.3 is 0 Å². The number of thiophene rings is 2. The molecule has 0 unspecified atom stereocenters. The van der Waals surface area contributed by atoms with Crippen LogP contribution in [0.5, 0.6) is 0 Å². The minimum Gasteiger partial charge on any atom is -0.316 e. The average Bonchev–Trinajstić information content (AvgIpc) is 3.34. The van der Waals surface area contributed by atoms with E-state index in [1.807, 2.05) is 0 Å². The Bertz CT molecular complexity index is 1140. The van der Waals surface area contributed by atoms with E-state index in [1.165, 1.54) is 39.9 Å². The molecule has 148 valence electrons. The summed E-state index contributed by atoms with van der Waals surface area (Å²) in [5.41, 5.74) is 3.21. The Kier molecular flexibility index (Phi) is 5.29. The number of anilines is 1. The van der Waals surface area contributed by atoms with Crippen molar-refractivity contribution in [3.05, 3.63) is 32.8 Å². The molecule has 0 aromatic carbocycles. The Balaban J connectivity index is 1.33. The third kappa shape index (κ3) is 3.56. The highest BCUT2D eigenvalue weighted by Gasteiger charge is 2.23. The van der Waals surface area contributed by atoms with Crippen molar-refractivity contribution in [3.63, 3.8) is 0 Å². The number of carbonyl (C=O) groups excluding carboxylic acids is 1. The van der Waals surface area contributed by atoms with Crippen molar-refractivity contribution in [1.29, 1.82) is 5.26 Å². The molecular weight excluding hydrogens is 420 g/mol. The summed E-state index contributed by atoms with van der Waals surface area (Å²) in [6, 6.07) is 2.33. The van der Waals surface area contributed by atoms with Gasteiger partial charge in [0.25, 0.3) is 0 Å². The molecule has 0 atom stereocenters. The normalized spacial score (nSPS) is 15.6. The number of thioether (sulfide) groups is 1. The number of aryl methyl sites for hydroxylation is 3. The molecule has 0 bridgehead atoms. The van der Waals surface area contributed by atoms with Crippen molar-refractivity contribution >= 4 is 55.6 Å². The van der Waals surface area contributed by atoms with Crippen LogP contribution in [0.2, 0.25) is 0 Å². The lowest BCUT2D eigenvalue weighted by molar-refractivity contribution is -0.113. The fourth-order valence-corrected chi connectivity index (χ4v) is 7.63. The second-order valence-corrected chi connectivity index (χ2v) is 10.6. The predicted molar refractivity (Wildman–Crippen MR) is 119 cm³/mol. The SMILES string of the molecule is N#Cc1c(NC(=O)CSc2ncnc3sc4c(c23)CCC4)sc2c1CCCCC2. The summed E-state index contributed by atoms with van der Waals surface area (Å²) < 4.78 is 0. The molecule has 3 aromatic heterocycles. The highest BCUT2D eigenvalue weighted by Crippen LogP contribution is 2.40. The molecule has 0 spiro atoms. The first-order valence-corrected chi connectivity index (χ1v) is 12.6. The summed E-state index contributed by atoms with van der Waals surface area (Å²) in [5.74, 6) is 0.200. The van der Waals surface area contributed by atoms with Crippen LogP contribution in [0.25, 0.3) is 10.2 Å². The van der Waals surface area contributed by atoms with Gasteiger partial charge in [0.1, 0.15) is 27.3 Å². The quantitative estimate of drug-likeness (QED) is 0.346. The van der Waals surface area contributed by atoms with Gasteiger partial charge in [-0.2, -0.15) is 5.26 Å². The van der Waals surface area contributed by atoms with E-state index in [1.54, 1.807) is 29.0 Å². The van der Waals surface area contributed by atoms with Crippen molar-refractivity contribution in [2.24, 2.45) is 0 Å². The molecule has 0 radical (unpaired) electrons. The van der Waals surface area contributed by atoms with E-state index in [4.69, 9.17) is 0 Å². The standard InChI is InChI=1S/C21H20N4OS3/c22-9-14-12-5-2-1-3-7-15(12)28-19(14)25-17(26)10-27-20-18-13-6-4-8-16(13)29-21(18)24-11-23-20/h11H,1-8,10H2,(H,25,26). The molecule has 0 aliphatic heterocycles. The molecule has 5 rings (SSSR count). The van der Waals surface area contributed by atoms with Crippen molar-refractivity contribution in [1.82, 2.24) is 9.97 Å². The third-order valence-corrected chi connectivity index (χ3v) is 8.99. The molecule has 1 N–H and O–H groups in total. The number of carbonyl (C=O) groups is 1. The number of amides is 1. The van der Waals surface area contributed by atoms with Gasteiger partial charge in [0.15, 0.2) is 0 Å². The largest absolute Gasteiger partial charge is 0.316 e. The lowest BCUT2D eigenvalue weighted by Crippen LogP contribution is -2.14. The van der Waals surface area contributed by atoms with Crippen molar-refractivity contribution in [2.75, 3.05) is 11.1 Å². The van der Waals surface area contributed by atoms with E-state index in [0.717, 1.165) is 59.3 Å². The monoisotopic (exact) mass is 440 g/mol. The summed E-state index contributed by atoms with van der Waals surface area (Å²) in [4.78, 5) is 25.3. The number of fused-ring (bicyclic) bond motifs is 4. The summed E-state index contributed by atoms with van der Waals surface area (Å²) in [7, 11) is 0. The van der Waals surface area contributed by atoms with Gasteiger partial charge in [0.2, 0.25) is 5.91 Å². The molecule has 3 heterocycles.